The fourth-order valence-corrected chi connectivity index (χ4v) is 5.86. The van der Waals surface area contributed by atoms with Crippen LogP contribution in [0.3, 0.4) is 0 Å². The maximum atomic E-state index is 4.61. The molecule has 0 aliphatic carbocycles. The number of aryl methyl sites for hydroxylation is 2. The van der Waals surface area contributed by atoms with Gasteiger partial charge in [0.2, 0.25) is 0 Å². The first-order valence-electron chi connectivity index (χ1n) is 10.7. The Morgan fingerprint density at radius 2 is 1.53 bits per heavy atom. The number of hydrogen-bond acceptors (Lipinski definition) is 3. The number of rotatable bonds is 2. The molecule has 0 N–H and O–H groups in total. The largest absolute Gasteiger partial charge is 0 e. The molecule has 0 spiro atoms. The van der Waals surface area contributed by atoms with Crippen LogP contribution in [0.1, 0.15) is 11.3 Å². The smallest absolute Gasteiger partial charge is 0 e. The number of hydrogen-bond donors (Lipinski definition) is 0. The van der Waals surface area contributed by atoms with Crippen LogP contribution >= 0.6 is 0 Å². The minimum absolute atomic E-state index is 0. The van der Waals surface area contributed by atoms with Gasteiger partial charge in [-0.05, 0) is 18.2 Å². The van der Waals surface area contributed by atoms with Crippen molar-refractivity contribution >= 4 is 33.8 Å². The van der Waals surface area contributed by atoms with Crippen molar-refractivity contribution in [3.05, 3.63) is 115 Å². The van der Waals surface area contributed by atoms with Gasteiger partial charge in [0, 0.05) is 26.3 Å². The summed E-state index contributed by atoms with van der Waals surface area (Å²) in [5, 5.41) is 2.68. The Morgan fingerprint density at radius 3 is 2.29 bits per heavy atom. The molecule has 0 unspecified atom stereocenters. The predicted octanol–water partition coefficient (Wildman–Crippen LogP) is 6.47. The second-order valence-corrected chi connectivity index (χ2v) is 9.98. The molecule has 0 saturated heterocycles. The standard InChI is InChI=1S/C17H11N2Se.C12H10N.Ir/c1-11-12(6-4-8-18-11)15-9-14-13-5-2-3-7-16(13)20-17(14)10-19-15;1-10-7-8-12(13-9-10)11-5-3-2-4-6-11;/h2-5,7-10H,1H3;2-5,7-9H,1H3;/q2*-1;. The Kier molecular flexibility index (Phi) is 7.82. The van der Waals surface area contributed by atoms with Gasteiger partial charge in [0.15, 0.2) is 0 Å². The van der Waals surface area contributed by atoms with Crippen LogP contribution < -0.4 is 0 Å². The first-order valence-corrected chi connectivity index (χ1v) is 12.4. The molecule has 169 valence electrons. The van der Waals surface area contributed by atoms with Crippen LogP contribution in [0.25, 0.3) is 41.8 Å². The van der Waals surface area contributed by atoms with Gasteiger partial charge in [0.1, 0.15) is 0 Å². The van der Waals surface area contributed by atoms with E-state index >= 15 is 0 Å². The molecule has 4 aromatic heterocycles. The molecular formula is C29H21IrN3Se-2. The maximum Gasteiger partial charge on any atom is 0 e. The summed E-state index contributed by atoms with van der Waals surface area (Å²) < 4.78 is 2.81. The van der Waals surface area contributed by atoms with Gasteiger partial charge >= 0.3 is 122 Å². The van der Waals surface area contributed by atoms with Crippen molar-refractivity contribution in [1.29, 1.82) is 0 Å². The van der Waals surface area contributed by atoms with Gasteiger partial charge in [0.25, 0.3) is 0 Å². The van der Waals surface area contributed by atoms with Gasteiger partial charge in [-0.2, -0.15) is 0 Å². The molecule has 1 radical (unpaired) electrons. The fourth-order valence-electron chi connectivity index (χ4n) is 3.65. The molecular weight excluding hydrogens is 662 g/mol. The SMILES string of the molecule is Cc1ccc(-c2[c-]cccc2)nc1.Cc1ncc[c-]c1-c1cc2c(cn1)[se]c1ccccc12.[Ir]. The fraction of sp³-hybridized carbons (Fsp3) is 0.0690. The minimum Gasteiger partial charge on any atom is 0 e. The molecule has 3 nitrogen and oxygen atoms in total. The van der Waals surface area contributed by atoms with Gasteiger partial charge in [-0.15, -0.1) is 35.9 Å². The number of benzene rings is 2. The molecule has 0 saturated carbocycles. The van der Waals surface area contributed by atoms with Crippen LogP contribution in [0, 0.1) is 26.0 Å². The monoisotopic (exact) mass is 684 g/mol. The van der Waals surface area contributed by atoms with E-state index in [2.05, 4.69) is 63.5 Å². The Balaban J connectivity index is 0.000000171. The zero-order valence-corrected chi connectivity index (χ0v) is 22.9. The average Bonchev–Trinajstić information content (AvgIpc) is 3.24. The van der Waals surface area contributed by atoms with Crippen molar-refractivity contribution in [2.75, 3.05) is 0 Å². The minimum atomic E-state index is 0. The Morgan fingerprint density at radius 1 is 0.706 bits per heavy atom. The zero-order valence-electron chi connectivity index (χ0n) is 18.7. The molecule has 6 rings (SSSR count). The van der Waals surface area contributed by atoms with E-state index in [4.69, 9.17) is 0 Å². The van der Waals surface area contributed by atoms with Gasteiger partial charge in [0.05, 0.1) is 0 Å². The van der Waals surface area contributed by atoms with Crippen molar-refractivity contribution in [2.24, 2.45) is 0 Å². The Bertz CT molecular complexity index is 1530. The summed E-state index contributed by atoms with van der Waals surface area (Å²) in [4.78, 5) is 13.3. The van der Waals surface area contributed by atoms with E-state index in [0.717, 1.165) is 28.2 Å². The average molecular weight is 683 g/mol. The van der Waals surface area contributed by atoms with Crippen molar-refractivity contribution in [3.8, 4) is 22.5 Å². The van der Waals surface area contributed by atoms with E-state index in [1.807, 2.05) is 62.6 Å². The maximum absolute atomic E-state index is 4.61. The molecule has 5 heteroatoms. The van der Waals surface area contributed by atoms with Crippen LogP contribution in [-0.4, -0.2) is 29.5 Å². The first kappa shape index (κ1) is 24.2. The van der Waals surface area contributed by atoms with Crippen molar-refractivity contribution in [1.82, 2.24) is 15.0 Å². The van der Waals surface area contributed by atoms with E-state index in [0.29, 0.717) is 14.5 Å². The van der Waals surface area contributed by atoms with E-state index in [9.17, 15) is 0 Å². The van der Waals surface area contributed by atoms with Crippen molar-refractivity contribution < 1.29 is 20.1 Å². The quantitative estimate of drug-likeness (QED) is 0.155. The van der Waals surface area contributed by atoms with E-state index in [1.54, 1.807) is 6.20 Å². The molecule has 0 atom stereocenters. The molecule has 34 heavy (non-hydrogen) atoms. The van der Waals surface area contributed by atoms with Crippen LogP contribution in [0.15, 0.2) is 91.4 Å². The van der Waals surface area contributed by atoms with E-state index < -0.39 is 0 Å². The molecule has 0 fully saturated rings. The second kappa shape index (κ2) is 11.0. The summed E-state index contributed by atoms with van der Waals surface area (Å²) >= 11 is 0.380. The molecule has 2 aromatic carbocycles. The van der Waals surface area contributed by atoms with Crippen LogP contribution in [-0.2, 0) is 20.1 Å². The van der Waals surface area contributed by atoms with E-state index in [-0.39, 0.29) is 20.1 Å². The summed E-state index contributed by atoms with van der Waals surface area (Å²) in [5.74, 6) is 0. The molecule has 0 amide bonds. The predicted molar refractivity (Wildman–Crippen MR) is 136 cm³/mol. The third-order valence-corrected chi connectivity index (χ3v) is 7.70. The normalized spacial score (nSPS) is 10.4. The Labute approximate surface area is 219 Å². The number of pyridine rings is 3. The molecule has 0 bridgehead atoms. The number of fused-ring (bicyclic) bond motifs is 3. The molecule has 0 aliphatic rings. The van der Waals surface area contributed by atoms with E-state index in [1.165, 1.54) is 24.9 Å². The third-order valence-electron chi connectivity index (χ3n) is 5.35. The van der Waals surface area contributed by atoms with Crippen LogP contribution in [0.5, 0.6) is 0 Å². The molecule has 6 aromatic rings. The summed E-state index contributed by atoms with van der Waals surface area (Å²) in [7, 11) is 0. The summed E-state index contributed by atoms with van der Waals surface area (Å²) in [6, 6.07) is 31.0. The third kappa shape index (κ3) is 5.24. The topological polar surface area (TPSA) is 38.7 Å². The van der Waals surface area contributed by atoms with Gasteiger partial charge in [-0.3, -0.25) is 0 Å². The van der Waals surface area contributed by atoms with Gasteiger partial charge in [-0.1, -0.05) is 12.1 Å². The van der Waals surface area contributed by atoms with Crippen molar-refractivity contribution in [3.63, 3.8) is 0 Å². The van der Waals surface area contributed by atoms with Crippen LogP contribution in [0.4, 0.5) is 0 Å². The Hall–Kier alpha value is -2.94. The summed E-state index contributed by atoms with van der Waals surface area (Å²) in [6.45, 7) is 4.03. The first-order chi connectivity index (χ1) is 16.2. The summed E-state index contributed by atoms with van der Waals surface area (Å²) in [6.07, 6.45) is 5.66. The molecule has 0 aliphatic heterocycles. The molecule has 4 heterocycles. The van der Waals surface area contributed by atoms with Crippen molar-refractivity contribution in [2.45, 2.75) is 13.8 Å². The number of nitrogens with zero attached hydrogens (tertiary/aromatic N) is 3. The zero-order chi connectivity index (χ0) is 22.6. The summed E-state index contributed by atoms with van der Waals surface area (Å²) in [5.41, 5.74) is 6.12. The second-order valence-electron chi connectivity index (χ2n) is 7.71. The number of aromatic nitrogens is 3. The van der Waals surface area contributed by atoms with Crippen LogP contribution in [0.2, 0.25) is 0 Å². The van der Waals surface area contributed by atoms with Gasteiger partial charge in [-0.25, -0.2) is 0 Å². The van der Waals surface area contributed by atoms with Gasteiger partial charge < -0.3 is 4.98 Å².